The van der Waals surface area contributed by atoms with Crippen molar-refractivity contribution in [2.75, 3.05) is 0 Å². The van der Waals surface area contributed by atoms with Crippen molar-refractivity contribution in [1.29, 1.82) is 0 Å². The summed E-state index contributed by atoms with van der Waals surface area (Å²) in [5.41, 5.74) is -5.10. The van der Waals surface area contributed by atoms with E-state index in [1.54, 1.807) is 0 Å². The van der Waals surface area contributed by atoms with Gasteiger partial charge in [0.1, 0.15) is 4.33 Å². The predicted molar refractivity (Wildman–Crippen MR) is 72.6 cm³/mol. The summed E-state index contributed by atoms with van der Waals surface area (Å²) in [7, 11) is 0. The second kappa shape index (κ2) is 5.34. The van der Waals surface area contributed by atoms with E-state index < -0.39 is 34.1 Å². The maximum atomic E-state index is 13.5. The second-order valence-corrected chi connectivity index (χ2v) is 6.76. The van der Waals surface area contributed by atoms with Crippen LogP contribution in [0.25, 0.3) is 5.57 Å². The van der Waals surface area contributed by atoms with Gasteiger partial charge in [0.25, 0.3) is 0 Å². The summed E-state index contributed by atoms with van der Waals surface area (Å²) in [5.74, 6) is 0. The lowest BCUT2D eigenvalue weighted by Gasteiger charge is -2.45. The predicted octanol–water partition coefficient (Wildman–Crippen LogP) is 6.15. The standard InChI is InChI=1S/C14H10Cl2F6/c15-11(16)7-6-10(9-4-2-1-3-5-9)12(8-11,13(17,18)19)14(20,21)22/h1-6H,7-8H2. The lowest BCUT2D eigenvalue weighted by Crippen LogP contribution is -2.54. The topological polar surface area (TPSA) is 0 Å². The van der Waals surface area contributed by atoms with Crippen LogP contribution in [-0.4, -0.2) is 16.7 Å². The number of benzene rings is 1. The van der Waals surface area contributed by atoms with E-state index >= 15 is 0 Å². The lowest BCUT2D eigenvalue weighted by molar-refractivity contribution is -0.320. The van der Waals surface area contributed by atoms with Crippen molar-refractivity contribution in [1.82, 2.24) is 0 Å². The molecule has 2 rings (SSSR count). The highest BCUT2D eigenvalue weighted by atomic mass is 35.5. The van der Waals surface area contributed by atoms with Gasteiger partial charge in [0.2, 0.25) is 0 Å². The Labute approximate surface area is 132 Å². The third-order valence-corrected chi connectivity index (χ3v) is 4.22. The van der Waals surface area contributed by atoms with E-state index in [2.05, 4.69) is 0 Å². The molecule has 1 aliphatic rings. The molecule has 0 saturated heterocycles. The van der Waals surface area contributed by atoms with Crippen molar-refractivity contribution >= 4 is 28.8 Å². The van der Waals surface area contributed by atoms with E-state index in [0.29, 0.717) is 0 Å². The van der Waals surface area contributed by atoms with E-state index in [0.717, 1.165) is 6.08 Å². The highest BCUT2D eigenvalue weighted by Crippen LogP contribution is 2.65. The van der Waals surface area contributed by atoms with Crippen molar-refractivity contribution < 1.29 is 26.3 Å². The molecule has 0 N–H and O–H groups in total. The molecule has 0 bridgehead atoms. The highest BCUT2D eigenvalue weighted by molar-refractivity contribution is 6.48. The van der Waals surface area contributed by atoms with Crippen LogP contribution >= 0.6 is 23.2 Å². The summed E-state index contributed by atoms with van der Waals surface area (Å²) in [6.45, 7) is 0. The molecule has 8 heteroatoms. The maximum absolute atomic E-state index is 13.5. The Kier molecular flexibility index (Phi) is 4.24. The molecule has 0 unspecified atom stereocenters. The van der Waals surface area contributed by atoms with Gasteiger partial charge in [0.15, 0.2) is 5.41 Å². The molecule has 0 radical (unpaired) electrons. The zero-order valence-electron chi connectivity index (χ0n) is 10.9. The Balaban J connectivity index is 2.75. The van der Waals surface area contributed by atoms with Gasteiger partial charge in [-0.1, -0.05) is 36.4 Å². The van der Waals surface area contributed by atoms with E-state index in [1.807, 2.05) is 0 Å². The molecular formula is C14H10Cl2F6. The second-order valence-electron chi connectivity index (χ2n) is 5.12. The first-order valence-corrected chi connectivity index (χ1v) is 6.94. The quantitative estimate of drug-likeness (QED) is 0.415. The number of hydrogen-bond donors (Lipinski definition) is 0. The highest BCUT2D eigenvalue weighted by Gasteiger charge is 2.74. The van der Waals surface area contributed by atoms with Gasteiger partial charge in [-0.2, -0.15) is 26.3 Å². The van der Waals surface area contributed by atoms with E-state index in [1.165, 1.54) is 30.3 Å². The molecule has 22 heavy (non-hydrogen) atoms. The minimum atomic E-state index is -5.58. The van der Waals surface area contributed by atoms with Crippen LogP contribution in [0.5, 0.6) is 0 Å². The summed E-state index contributed by atoms with van der Waals surface area (Å²) in [6.07, 6.45) is -12.1. The SMILES string of the molecule is FC(F)(F)C1(C(F)(F)F)CC(Cl)(Cl)CC=C1c1ccccc1. The van der Waals surface area contributed by atoms with E-state index in [-0.39, 0.29) is 12.0 Å². The fraction of sp³-hybridized carbons (Fsp3) is 0.429. The monoisotopic (exact) mass is 362 g/mol. The molecule has 0 nitrogen and oxygen atoms in total. The molecule has 0 aliphatic heterocycles. The van der Waals surface area contributed by atoms with Gasteiger partial charge < -0.3 is 0 Å². The summed E-state index contributed by atoms with van der Waals surface area (Å²) in [4.78, 5) is 0. The minimum Gasteiger partial charge on any atom is -0.170 e. The third-order valence-electron chi connectivity index (χ3n) is 3.64. The summed E-state index contributed by atoms with van der Waals surface area (Å²) >= 11 is 11.3. The van der Waals surface area contributed by atoms with E-state index in [9.17, 15) is 26.3 Å². The van der Waals surface area contributed by atoms with Crippen LogP contribution in [0.1, 0.15) is 18.4 Å². The first kappa shape index (κ1) is 17.5. The summed E-state index contributed by atoms with van der Waals surface area (Å²) in [5, 5.41) is 0. The fourth-order valence-corrected chi connectivity index (χ4v) is 3.18. The Morgan fingerprint density at radius 1 is 0.864 bits per heavy atom. The molecule has 0 heterocycles. The summed E-state index contributed by atoms with van der Waals surface area (Å²) < 4.78 is 78.8. The van der Waals surface area contributed by atoms with Gasteiger partial charge >= 0.3 is 12.4 Å². The first-order chi connectivity index (χ1) is 9.91. The maximum Gasteiger partial charge on any atom is 0.407 e. The Morgan fingerprint density at radius 2 is 1.36 bits per heavy atom. The van der Waals surface area contributed by atoms with Gasteiger partial charge in [0, 0.05) is 6.42 Å². The van der Waals surface area contributed by atoms with Crippen LogP contribution in [0.4, 0.5) is 26.3 Å². The molecular weight excluding hydrogens is 353 g/mol. The third kappa shape index (κ3) is 2.83. The minimum absolute atomic E-state index is 0.152. The molecule has 1 aromatic carbocycles. The van der Waals surface area contributed by atoms with Gasteiger partial charge in [-0.3, -0.25) is 0 Å². The van der Waals surface area contributed by atoms with Crippen LogP contribution in [0.15, 0.2) is 36.4 Å². The summed E-state index contributed by atoms with van der Waals surface area (Å²) in [6, 6.07) is 6.65. The molecule has 1 aliphatic carbocycles. The molecule has 0 aromatic heterocycles. The smallest absolute Gasteiger partial charge is 0.170 e. The first-order valence-electron chi connectivity index (χ1n) is 6.18. The van der Waals surface area contributed by atoms with Crippen molar-refractivity contribution in [3.05, 3.63) is 42.0 Å². The lowest BCUT2D eigenvalue weighted by atomic mass is 9.68. The molecule has 0 fully saturated rings. The van der Waals surface area contributed by atoms with Gasteiger partial charge in [0.05, 0.1) is 0 Å². The van der Waals surface area contributed by atoms with Crippen LogP contribution in [-0.2, 0) is 0 Å². The number of rotatable bonds is 1. The van der Waals surface area contributed by atoms with Crippen molar-refractivity contribution in [2.24, 2.45) is 5.41 Å². The zero-order valence-corrected chi connectivity index (χ0v) is 12.4. The molecule has 0 spiro atoms. The van der Waals surface area contributed by atoms with Crippen molar-refractivity contribution in [3.8, 4) is 0 Å². The van der Waals surface area contributed by atoms with Crippen LogP contribution in [0.2, 0.25) is 0 Å². The van der Waals surface area contributed by atoms with Crippen LogP contribution < -0.4 is 0 Å². The van der Waals surface area contributed by atoms with Crippen molar-refractivity contribution in [3.63, 3.8) is 0 Å². The molecule has 0 atom stereocenters. The number of alkyl halides is 8. The average Bonchev–Trinajstić information content (AvgIpc) is 2.36. The number of allylic oxidation sites excluding steroid dienone is 2. The average molecular weight is 363 g/mol. The number of hydrogen-bond acceptors (Lipinski definition) is 0. The number of halogens is 8. The van der Waals surface area contributed by atoms with E-state index in [4.69, 9.17) is 23.2 Å². The molecule has 0 amide bonds. The zero-order chi connectivity index (χ0) is 16.8. The largest absolute Gasteiger partial charge is 0.407 e. The molecule has 0 saturated carbocycles. The normalized spacial score (nSPS) is 21.4. The van der Waals surface area contributed by atoms with Crippen LogP contribution in [0, 0.1) is 5.41 Å². The van der Waals surface area contributed by atoms with Crippen molar-refractivity contribution in [2.45, 2.75) is 29.5 Å². The molecule has 1 aromatic rings. The van der Waals surface area contributed by atoms with Gasteiger partial charge in [-0.25, -0.2) is 0 Å². The fourth-order valence-electron chi connectivity index (χ4n) is 2.63. The Hall–Kier alpha value is -0.880. The van der Waals surface area contributed by atoms with Gasteiger partial charge in [-0.05, 0) is 17.6 Å². The van der Waals surface area contributed by atoms with Crippen LogP contribution in [0.3, 0.4) is 0 Å². The molecule has 122 valence electrons. The van der Waals surface area contributed by atoms with Gasteiger partial charge in [-0.15, -0.1) is 23.2 Å². The Bertz CT molecular complexity index is 557. The Morgan fingerprint density at radius 3 is 1.82 bits per heavy atom.